The van der Waals surface area contributed by atoms with Gasteiger partial charge in [-0.15, -0.1) is 0 Å². The van der Waals surface area contributed by atoms with Crippen LogP contribution < -0.4 is 0 Å². The number of nitrogens with zero attached hydrogens (tertiary/aromatic N) is 1. The van der Waals surface area contributed by atoms with Crippen LogP contribution in [0.4, 0.5) is 4.79 Å². The highest BCUT2D eigenvalue weighted by molar-refractivity contribution is 5.80. The van der Waals surface area contributed by atoms with Crippen molar-refractivity contribution >= 4 is 12.1 Å². The summed E-state index contributed by atoms with van der Waals surface area (Å²) in [5, 5.41) is 19.2. The SMILES string of the molecule is CCCCCCCCN(C(=O)OC(C)(C)C)[C@@H](Cc1ccc(O)cc1)C(=O)O. The van der Waals surface area contributed by atoms with Crippen molar-refractivity contribution in [1.29, 1.82) is 0 Å². The molecular formula is C22H35NO5. The molecule has 0 heterocycles. The standard InChI is InChI=1S/C22H35NO5/c1-5-6-7-8-9-10-15-23(21(27)28-22(2,3)4)19(20(25)26)16-17-11-13-18(24)14-12-17/h11-14,19,24H,5-10,15-16H2,1-4H3,(H,25,26)/t19-/m0/s1. The van der Waals surface area contributed by atoms with Crippen molar-refractivity contribution in [2.75, 3.05) is 6.54 Å². The van der Waals surface area contributed by atoms with E-state index < -0.39 is 23.7 Å². The monoisotopic (exact) mass is 393 g/mol. The summed E-state index contributed by atoms with van der Waals surface area (Å²) in [5.41, 5.74) is 0.0413. The number of carboxylic acids is 1. The van der Waals surface area contributed by atoms with Crippen LogP contribution in [0.25, 0.3) is 0 Å². The van der Waals surface area contributed by atoms with Crippen LogP contribution in [0.2, 0.25) is 0 Å². The maximum absolute atomic E-state index is 12.7. The van der Waals surface area contributed by atoms with E-state index in [0.29, 0.717) is 6.54 Å². The molecule has 0 aliphatic rings. The third-order valence-corrected chi connectivity index (χ3v) is 4.41. The Morgan fingerprint density at radius 3 is 2.14 bits per heavy atom. The molecule has 158 valence electrons. The zero-order valence-electron chi connectivity index (χ0n) is 17.6. The lowest BCUT2D eigenvalue weighted by atomic mass is 10.0. The molecule has 0 radical (unpaired) electrons. The van der Waals surface area contributed by atoms with Crippen LogP contribution in [-0.2, 0) is 16.0 Å². The molecule has 1 atom stereocenters. The lowest BCUT2D eigenvalue weighted by molar-refractivity contribution is -0.143. The van der Waals surface area contributed by atoms with Crippen LogP contribution in [0.15, 0.2) is 24.3 Å². The summed E-state index contributed by atoms with van der Waals surface area (Å²) >= 11 is 0. The fourth-order valence-corrected chi connectivity index (χ4v) is 2.94. The van der Waals surface area contributed by atoms with Gasteiger partial charge in [-0.1, -0.05) is 51.2 Å². The number of hydrogen-bond acceptors (Lipinski definition) is 4. The number of benzene rings is 1. The summed E-state index contributed by atoms with van der Waals surface area (Å²) in [6.45, 7) is 7.80. The van der Waals surface area contributed by atoms with Gasteiger partial charge in [0, 0.05) is 13.0 Å². The Labute approximate surface area is 168 Å². The van der Waals surface area contributed by atoms with Crippen LogP contribution in [0.5, 0.6) is 5.75 Å². The molecule has 1 aromatic rings. The zero-order valence-corrected chi connectivity index (χ0v) is 17.6. The van der Waals surface area contributed by atoms with Gasteiger partial charge in [-0.25, -0.2) is 9.59 Å². The Bertz CT molecular complexity index is 606. The third kappa shape index (κ3) is 9.11. The van der Waals surface area contributed by atoms with Crippen LogP contribution in [-0.4, -0.2) is 45.4 Å². The Kier molecular flexibility index (Phi) is 9.83. The summed E-state index contributed by atoms with van der Waals surface area (Å²) in [6.07, 6.45) is 5.82. The van der Waals surface area contributed by atoms with Gasteiger partial charge in [0.2, 0.25) is 0 Å². The number of rotatable bonds is 11. The number of aromatic hydroxyl groups is 1. The summed E-state index contributed by atoms with van der Waals surface area (Å²) in [5.74, 6) is -0.948. The van der Waals surface area contributed by atoms with Crippen molar-refractivity contribution in [3.63, 3.8) is 0 Å². The first-order valence-corrected chi connectivity index (χ1v) is 10.1. The molecule has 0 saturated carbocycles. The molecule has 0 aliphatic carbocycles. The van der Waals surface area contributed by atoms with E-state index in [4.69, 9.17) is 4.74 Å². The molecule has 6 nitrogen and oxygen atoms in total. The van der Waals surface area contributed by atoms with Gasteiger partial charge in [0.1, 0.15) is 17.4 Å². The molecule has 0 spiro atoms. The van der Waals surface area contributed by atoms with Crippen molar-refractivity contribution < 1.29 is 24.5 Å². The molecule has 6 heteroatoms. The summed E-state index contributed by atoms with van der Waals surface area (Å²) in [6, 6.07) is 5.35. The number of carbonyl (C=O) groups excluding carboxylic acids is 1. The Morgan fingerprint density at radius 1 is 1.04 bits per heavy atom. The maximum atomic E-state index is 12.7. The van der Waals surface area contributed by atoms with Crippen LogP contribution in [0.1, 0.15) is 71.8 Å². The highest BCUT2D eigenvalue weighted by Crippen LogP contribution is 2.18. The molecule has 0 fully saturated rings. The summed E-state index contributed by atoms with van der Waals surface area (Å²) in [7, 11) is 0. The largest absolute Gasteiger partial charge is 0.508 e. The molecular weight excluding hydrogens is 358 g/mol. The molecule has 2 N–H and O–H groups in total. The van der Waals surface area contributed by atoms with Crippen LogP contribution >= 0.6 is 0 Å². The first-order chi connectivity index (χ1) is 13.1. The smallest absolute Gasteiger partial charge is 0.411 e. The Morgan fingerprint density at radius 2 is 1.61 bits per heavy atom. The van der Waals surface area contributed by atoms with Gasteiger partial charge < -0.3 is 14.9 Å². The molecule has 0 aliphatic heterocycles. The number of phenols is 1. The normalized spacial score (nSPS) is 12.4. The van der Waals surface area contributed by atoms with E-state index >= 15 is 0 Å². The minimum Gasteiger partial charge on any atom is -0.508 e. The quantitative estimate of drug-likeness (QED) is 0.517. The van der Waals surface area contributed by atoms with Gasteiger partial charge in [-0.3, -0.25) is 4.90 Å². The first kappa shape index (κ1) is 23.8. The Hall–Kier alpha value is -2.24. The van der Waals surface area contributed by atoms with E-state index in [1.54, 1.807) is 32.9 Å². The van der Waals surface area contributed by atoms with Gasteiger partial charge >= 0.3 is 12.1 Å². The zero-order chi connectivity index (χ0) is 21.2. The van der Waals surface area contributed by atoms with Crippen LogP contribution in [0.3, 0.4) is 0 Å². The second-order valence-corrected chi connectivity index (χ2v) is 8.17. The van der Waals surface area contributed by atoms with Crippen molar-refractivity contribution in [2.24, 2.45) is 0 Å². The van der Waals surface area contributed by atoms with E-state index in [-0.39, 0.29) is 12.2 Å². The molecule has 0 saturated heterocycles. The predicted octanol–water partition coefficient (Wildman–Crippen LogP) is 4.99. The second kappa shape index (κ2) is 11.6. The Balaban J connectivity index is 2.88. The van der Waals surface area contributed by atoms with Crippen molar-refractivity contribution in [3.05, 3.63) is 29.8 Å². The lowest BCUT2D eigenvalue weighted by Gasteiger charge is -2.31. The number of phenolic OH excluding ortho intramolecular Hbond substituents is 1. The minimum atomic E-state index is -1.06. The van der Waals surface area contributed by atoms with Gasteiger partial charge in [0.25, 0.3) is 0 Å². The van der Waals surface area contributed by atoms with Gasteiger partial charge in [0.05, 0.1) is 0 Å². The average molecular weight is 394 g/mol. The topological polar surface area (TPSA) is 87.1 Å². The average Bonchev–Trinajstić information content (AvgIpc) is 2.59. The lowest BCUT2D eigenvalue weighted by Crippen LogP contribution is -2.48. The maximum Gasteiger partial charge on any atom is 0.411 e. The summed E-state index contributed by atoms with van der Waals surface area (Å²) < 4.78 is 5.47. The molecule has 1 aromatic carbocycles. The van der Waals surface area contributed by atoms with Gasteiger partial charge in [-0.2, -0.15) is 0 Å². The predicted molar refractivity (Wildman–Crippen MR) is 110 cm³/mol. The number of aliphatic carboxylic acids is 1. The number of hydrogen-bond donors (Lipinski definition) is 2. The second-order valence-electron chi connectivity index (χ2n) is 8.17. The van der Waals surface area contributed by atoms with E-state index in [2.05, 4.69) is 6.92 Å². The third-order valence-electron chi connectivity index (χ3n) is 4.41. The van der Waals surface area contributed by atoms with E-state index in [9.17, 15) is 19.8 Å². The number of unbranched alkanes of at least 4 members (excludes halogenated alkanes) is 5. The molecule has 0 aromatic heterocycles. The van der Waals surface area contributed by atoms with Crippen molar-refractivity contribution in [2.45, 2.75) is 84.3 Å². The molecule has 0 unspecified atom stereocenters. The highest BCUT2D eigenvalue weighted by atomic mass is 16.6. The molecule has 1 rings (SSSR count). The highest BCUT2D eigenvalue weighted by Gasteiger charge is 2.32. The first-order valence-electron chi connectivity index (χ1n) is 10.1. The van der Waals surface area contributed by atoms with Crippen molar-refractivity contribution in [3.8, 4) is 5.75 Å². The molecule has 1 amide bonds. The van der Waals surface area contributed by atoms with Gasteiger partial charge in [-0.05, 0) is 44.9 Å². The fraction of sp³-hybridized carbons (Fsp3) is 0.636. The molecule has 0 bridgehead atoms. The van der Waals surface area contributed by atoms with Crippen molar-refractivity contribution in [1.82, 2.24) is 4.90 Å². The minimum absolute atomic E-state index is 0.117. The number of carboxylic acid groups (broad SMARTS) is 1. The van der Waals surface area contributed by atoms with Crippen LogP contribution in [0, 0.1) is 0 Å². The fourth-order valence-electron chi connectivity index (χ4n) is 2.94. The summed E-state index contributed by atoms with van der Waals surface area (Å²) in [4.78, 5) is 26.0. The number of ether oxygens (including phenoxy) is 1. The van der Waals surface area contributed by atoms with E-state index in [0.717, 1.165) is 37.7 Å². The molecule has 28 heavy (non-hydrogen) atoms. The number of amides is 1. The number of carbonyl (C=O) groups is 2. The van der Waals surface area contributed by atoms with E-state index in [1.807, 2.05) is 0 Å². The van der Waals surface area contributed by atoms with E-state index in [1.165, 1.54) is 23.5 Å². The van der Waals surface area contributed by atoms with Gasteiger partial charge in [0.15, 0.2) is 0 Å².